The number of aryl methyl sites for hydroxylation is 1. The van der Waals surface area contributed by atoms with Crippen LogP contribution in [0.25, 0.3) is 0 Å². The summed E-state index contributed by atoms with van der Waals surface area (Å²) < 4.78 is 0. The number of carbonyl (C=O) groups is 1. The highest BCUT2D eigenvalue weighted by Crippen LogP contribution is 2.19. The molecule has 0 N–H and O–H groups in total. The van der Waals surface area contributed by atoms with Gasteiger partial charge in [0.25, 0.3) is 5.91 Å². The first-order valence-corrected chi connectivity index (χ1v) is 7.74. The molecule has 3 rings (SSSR count). The monoisotopic (exact) mass is 315 g/mol. The molecule has 5 heteroatoms. The Kier molecular flexibility index (Phi) is 4.29. The van der Waals surface area contributed by atoms with Crippen LogP contribution in [0, 0.1) is 6.92 Å². The molecule has 1 fully saturated rings. The number of anilines is 1. The maximum Gasteiger partial charge on any atom is 0.253 e. The standard InChI is InChI=1S/C17H18ClN3O/c1-13-2-4-14(5-3-13)17(22)21-10-8-20(9-11-21)15-6-7-19-16(18)12-15/h2-7,12H,8-11H2,1H3. The van der Waals surface area contributed by atoms with Gasteiger partial charge in [-0.05, 0) is 31.2 Å². The van der Waals surface area contributed by atoms with Crippen molar-refractivity contribution in [3.8, 4) is 0 Å². The minimum atomic E-state index is 0.104. The Hall–Kier alpha value is -2.07. The molecule has 1 aliphatic rings. The normalized spacial score (nSPS) is 15.0. The quantitative estimate of drug-likeness (QED) is 0.799. The summed E-state index contributed by atoms with van der Waals surface area (Å²) in [7, 11) is 0. The summed E-state index contributed by atoms with van der Waals surface area (Å²) in [6.07, 6.45) is 1.71. The zero-order chi connectivity index (χ0) is 15.5. The average Bonchev–Trinajstić information content (AvgIpc) is 2.55. The van der Waals surface area contributed by atoms with Crippen LogP contribution < -0.4 is 4.90 Å². The fraction of sp³-hybridized carbons (Fsp3) is 0.294. The zero-order valence-corrected chi connectivity index (χ0v) is 13.3. The molecular weight excluding hydrogens is 298 g/mol. The number of amides is 1. The molecule has 0 aliphatic carbocycles. The fourth-order valence-electron chi connectivity index (χ4n) is 2.64. The van der Waals surface area contributed by atoms with Gasteiger partial charge in [-0.15, -0.1) is 0 Å². The molecule has 0 unspecified atom stereocenters. The summed E-state index contributed by atoms with van der Waals surface area (Å²) in [6, 6.07) is 11.5. The van der Waals surface area contributed by atoms with Gasteiger partial charge < -0.3 is 9.80 Å². The van der Waals surface area contributed by atoms with E-state index in [1.165, 1.54) is 0 Å². The van der Waals surface area contributed by atoms with Gasteiger partial charge in [0.1, 0.15) is 5.15 Å². The Balaban J connectivity index is 1.64. The highest BCUT2D eigenvalue weighted by atomic mass is 35.5. The van der Waals surface area contributed by atoms with Crippen LogP contribution in [0.4, 0.5) is 5.69 Å². The fourth-order valence-corrected chi connectivity index (χ4v) is 2.80. The molecule has 2 aromatic rings. The van der Waals surface area contributed by atoms with Crippen molar-refractivity contribution in [1.82, 2.24) is 9.88 Å². The molecule has 1 saturated heterocycles. The Labute approximate surface area is 135 Å². The maximum atomic E-state index is 12.5. The van der Waals surface area contributed by atoms with Gasteiger partial charge in [0.2, 0.25) is 0 Å². The van der Waals surface area contributed by atoms with Crippen LogP contribution in [-0.2, 0) is 0 Å². The van der Waals surface area contributed by atoms with Crippen LogP contribution in [-0.4, -0.2) is 42.0 Å². The highest BCUT2D eigenvalue weighted by Gasteiger charge is 2.22. The van der Waals surface area contributed by atoms with E-state index in [4.69, 9.17) is 11.6 Å². The first kappa shape index (κ1) is 14.9. The number of aromatic nitrogens is 1. The predicted octanol–water partition coefficient (Wildman–Crippen LogP) is 3.01. The number of hydrogen-bond acceptors (Lipinski definition) is 3. The van der Waals surface area contributed by atoms with E-state index in [9.17, 15) is 4.79 Å². The first-order valence-electron chi connectivity index (χ1n) is 7.36. The Bertz CT molecular complexity index is 664. The largest absolute Gasteiger partial charge is 0.368 e. The number of piperazine rings is 1. The van der Waals surface area contributed by atoms with Gasteiger partial charge in [0, 0.05) is 43.6 Å². The van der Waals surface area contributed by atoms with Crippen molar-refractivity contribution >= 4 is 23.2 Å². The highest BCUT2D eigenvalue weighted by molar-refractivity contribution is 6.29. The van der Waals surface area contributed by atoms with E-state index in [1.54, 1.807) is 6.20 Å². The van der Waals surface area contributed by atoms with Gasteiger partial charge in [-0.25, -0.2) is 4.98 Å². The maximum absolute atomic E-state index is 12.5. The van der Waals surface area contributed by atoms with Gasteiger partial charge in [-0.1, -0.05) is 29.3 Å². The van der Waals surface area contributed by atoms with E-state index >= 15 is 0 Å². The Morgan fingerprint density at radius 1 is 1.09 bits per heavy atom. The van der Waals surface area contributed by atoms with E-state index in [-0.39, 0.29) is 5.91 Å². The van der Waals surface area contributed by atoms with Gasteiger partial charge in [-0.2, -0.15) is 0 Å². The second-order valence-electron chi connectivity index (χ2n) is 5.48. The molecule has 0 radical (unpaired) electrons. The third kappa shape index (κ3) is 3.22. The van der Waals surface area contributed by atoms with Crippen molar-refractivity contribution in [3.63, 3.8) is 0 Å². The van der Waals surface area contributed by atoms with Gasteiger partial charge in [-0.3, -0.25) is 4.79 Å². The SMILES string of the molecule is Cc1ccc(C(=O)N2CCN(c3ccnc(Cl)c3)CC2)cc1. The lowest BCUT2D eigenvalue weighted by Crippen LogP contribution is -2.48. The second kappa shape index (κ2) is 6.36. The van der Waals surface area contributed by atoms with E-state index in [0.717, 1.165) is 29.9 Å². The van der Waals surface area contributed by atoms with Crippen LogP contribution in [0.5, 0.6) is 0 Å². The summed E-state index contributed by atoms with van der Waals surface area (Å²) in [5.74, 6) is 0.104. The summed E-state index contributed by atoms with van der Waals surface area (Å²) >= 11 is 5.93. The van der Waals surface area contributed by atoms with Crippen molar-refractivity contribution in [2.24, 2.45) is 0 Å². The van der Waals surface area contributed by atoms with Crippen LogP contribution in [0.1, 0.15) is 15.9 Å². The summed E-state index contributed by atoms with van der Waals surface area (Å²) in [4.78, 5) is 20.6. The number of carbonyl (C=O) groups excluding carboxylic acids is 1. The van der Waals surface area contributed by atoms with Crippen LogP contribution in [0.15, 0.2) is 42.6 Å². The smallest absolute Gasteiger partial charge is 0.253 e. The third-order valence-electron chi connectivity index (χ3n) is 3.94. The number of rotatable bonds is 2. The summed E-state index contributed by atoms with van der Waals surface area (Å²) in [5, 5.41) is 0.496. The minimum Gasteiger partial charge on any atom is -0.368 e. The Morgan fingerprint density at radius 2 is 1.77 bits per heavy atom. The molecule has 1 aromatic carbocycles. The number of benzene rings is 1. The van der Waals surface area contributed by atoms with Crippen molar-refractivity contribution in [1.29, 1.82) is 0 Å². The third-order valence-corrected chi connectivity index (χ3v) is 4.15. The van der Waals surface area contributed by atoms with E-state index in [1.807, 2.05) is 48.2 Å². The molecule has 114 valence electrons. The molecule has 4 nitrogen and oxygen atoms in total. The van der Waals surface area contributed by atoms with Gasteiger partial charge >= 0.3 is 0 Å². The molecular formula is C17H18ClN3O. The molecule has 0 bridgehead atoms. The molecule has 0 spiro atoms. The molecule has 2 heterocycles. The minimum absolute atomic E-state index is 0.104. The molecule has 1 aliphatic heterocycles. The number of hydrogen-bond donors (Lipinski definition) is 0. The van der Waals surface area contributed by atoms with E-state index < -0.39 is 0 Å². The molecule has 0 saturated carbocycles. The zero-order valence-electron chi connectivity index (χ0n) is 12.5. The molecule has 1 aromatic heterocycles. The van der Waals surface area contributed by atoms with Gasteiger partial charge in [0.15, 0.2) is 0 Å². The van der Waals surface area contributed by atoms with E-state index in [2.05, 4.69) is 9.88 Å². The molecule has 0 atom stereocenters. The first-order chi connectivity index (χ1) is 10.6. The lowest BCUT2D eigenvalue weighted by Gasteiger charge is -2.36. The second-order valence-corrected chi connectivity index (χ2v) is 5.87. The summed E-state index contributed by atoms with van der Waals surface area (Å²) in [6.45, 7) is 5.06. The number of pyridine rings is 1. The lowest BCUT2D eigenvalue weighted by molar-refractivity contribution is 0.0747. The molecule has 22 heavy (non-hydrogen) atoms. The predicted molar refractivity (Wildman–Crippen MR) is 88.5 cm³/mol. The van der Waals surface area contributed by atoms with Crippen molar-refractivity contribution < 1.29 is 4.79 Å². The van der Waals surface area contributed by atoms with E-state index in [0.29, 0.717) is 18.2 Å². The van der Waals surface area contributed by atoms with Crippen molar-refractivity contribution in [2.45, 2.75) is 6.92 Å². The van der Waals surface area contributed by atoms with Crippen LogP contribution in [0.2, 0.25) is 5.15 Å². The molecule has 1 amide bonds. The van der Waals surface area contributed by atoms with Crippen molar-refractivity contribution in [2.75, 3.05) is 31.1 Å². The van der Waals surface area contributed by atoms with Crippen LogP contribution in [0.3, 0.4) is 0 Å². The summed E-state index contributed by atoms with van der Waals surface area (Å²) in [5.41, 5.74) is 2.98. The van der Waals surface area contributed by atoms with Crippen LogP contribution >= 0.6 is 11.6 Å². The topological polar surface area (TPSA) is 36.4 Å². The number of halogens is 1. The average molecular weight is 316 g/mol. The van der Waals surface area contributed by atoms with Gasteiger partial charge in [0.05, 0.1) is 0 Å². The number of nitrogens with zero attached hydrogens (tertiary/aromatic N) is 3. The lowest BCUT2D eigenvalue weighted by atomic mass is 10.1. The van der Waals surface area contributed by atoms with Crippen molar-refractivity contribution in [3.05, 3.63) is 58.9 Å². The Morgan fingerprint density at radius 3 is 2.41 bits per heavy atom.